The monoisotopic (exact) mass is 916 g/mol. The number of aromatic nitrogens is 2. The Morgan fingerprint density at radius 3 is 1.03 bits per heavy atom. The van der Waals surface area contributed by atoms with Crippen LogP contribution in [0, 0.1) is 0 Å². The molecule has 0 atom stereocenters. The van der Waals surface area contributed by atoms with Crippen molar-refractivity contribution in [2.45, 2.75) is 0 Å². The first-order valence-corrected chi connectivity index (χ1v) is 26.4. The second-order valence-corrected chi connectivity index (χ2v) is 22.1. The summed E-state index contributed by atoms with van der Waals surface area (Å²) in [6, 6.07) is 78.9. The maximum absolute atomic E-state index is 5.51. The fourth-order valence-corrected chi connectivity index (χ4v) is 15.0. The lowest BCUT2D eigenvalue weighted by Crippen LogP contribution is -2.22. The second-order valence-electron chi connectivity index (χ2n) is 15.8. The van der Waals surface area contributed by atoms with E-state index >= 15 is 0 Å². The molecule has 0 aliphatic rings. The number of nitrogens with zero attached hydrogens (tertiary/aromatic N) is 2. The minimum absolute atomic E-state index is 0.796. The Hall–Kier alpha value is -6.90. The van der Waals surface area contributed by atoms with Crippen LogP contribution in [-0.4, -0.2) is 9.97 Å². The van der Waals surface area contributed by atoms with Crippen molar-refractivity contribution in [2.75, 3.05) is 0 Å². The van der Waals surface area contributed by atoms with Gasteiger partial charge in [-0.3, -0.25) is 0 Å². The molecule has 66 heavy (non-hydrogen) atoms. The van der Waals surface area contributed by atoms with E-state index < -0.39 is 15.8 Å². The Bertz CT molecular complexity index is 3150. The molecular weight excluding hydrogens is 875 g/mol. The third-order valence-electron chi connectivity index (χ3n) is 11.7. The smallest absolute Gasteiger partial charge is 0.0978 e. The number of pyridine rings is 2. The van der Waals surface area contributed by atoms with E-state index in [9.17, 15) is 0 Å². The van der Waals surface area contributed by atoms with Crippen molar-refractivity contribution < 1.29 is 0 Å². The Balaban J connectivity index is 1.06. The number of fused-ring (bicyclic) bond motifs is 3. The quantitative estimate of drug-likeness (QED) is 0.0901. The lowest BCUT2D eigenvalue weighted by molar-refractivity contribution is 1.34. The van der Waals surface area contributed by atoms with E-state index in [1.165, 1.54) is 52.7 Å². The summed E-state index contributed by atoms with van der Waals surface area (Å²) >= 11 is 3.51. The molecular formula is C60H42N2P2S2. The molecule has 0 saturated carbocycles. The lowest BCUT2D eigenvalue weighted by atomic mass is 9.99. The topological polar surface area (TPSA) is 25.8 Å². The molecule has 0 aliphatic heterocycles. The molecule has 314 valence electrons. The van der Waals surface area contributed by atoms with Crippen LogP contribution in [0.15, 0.2) is 229 Å². The summed E-state index contributed by atoms with van der Waals surface area (Å²) in [5.74, 6) is 0. The van der Waals surface area contributed by atoms with Crippen LogP contribution < -0.4 is 31.8 Å². The largest absolute Gasteiger partial charge is 0.246 e. The van der Waals surface area contributed by atoms with Crippen LogP contribution in [0.4, 0.5) is 0 Å². The van der Waals surface area contributed by atoms with E-state index in [0.717, 1.165) is 44.3 Å². The summed E-state index contributed by atoms with van der Waals surface area (Å²) in [6.45, 7) is 0. The summed E-state index contributed by atoms with van der Waals surface area (Å²) in [5, 5.41) is 14.4. The average Bonchev–Trinajstić information content (AvgIpc) is 4.14. The SMILES string of the molecule is C(=Cc1ccccc1P(c1ccccc1)c1ccccc1)c1cc(-c2cccs2)c2ccc3c(-c4cccs4)cc(C=Cc4ccccc4P(c4ccccc4)c4ccccc4)nc3c2n1. The maximum atomic E-state index is 5.51. The zero-order valence-electron chi connectivity index (χ0n) is 35.9. The van der Waals surface area contributed by atoms with E-state index in [2.05, 4.69) is 253 Å². The predicted molar refractivity (Wildman–Crippen MR) is 292 cm³/mol. The highest BCUT2D eigenvalue weighted by Crippen LogP contribution is 2.40. The van der Waals surface area contributed by atoms with Crippen molar-refractivity contribution in [3.05, 3.63) is 252 Å². The van der Waals surface area contributed by atoms with Gasteiger partial charge in [-0.15, -0.1) is 22.7 Å². The molecule has 0 unspecified atom stereocenters. The fourth-order valence-electron chi connectivity index (χ4n) is 8.63. The van der Waals surface area contributed by atoms with Crippen molar-refractivity contribution in [3.8, 4) is 20.9 Å². The Morgan fingerprint density at radius 1 is 0.333 bits per heavy atom. The van der Waals surface area contributed by atoms with E-state index in [1.54, 1.807) is 22.7 Å². The van der Waals surface area contributed by atoms with Crippen molar-refractivity contribution in [3.63, 3.8) is 0 Å². The Labute approximate surface area is 396 Å². The van der Waals surface area contributed by atoms with Crippen LogP contribution in [0.3, 0.4) is 0 Å². The first kappa shape index (κ1) is 41.8. The van der Waals surface area contributed by atoms with Gasteiger partial charge in [0.2, 0.25) is 0 Å². The van der Waals surface area contributed by atoms with E-state index in [1.807, 2.05) is 0 Å². The van der Waals surface area contributed by atoms with Crippen molar-refractivity contribution in [1.29, 1.82) is 0 Å². The molecule has 0 bridgehead atoms. The van der Waals surface area contributed by atoms with Gasteiger partial charge in [0.05, 0.1) is 22.4 Å². The number of hydrogen-bond acceptors (Lipinski definition) is 4. The van der Waals surface area contributed by atoms with Crippen LogP contribution in [0.25, 0.3) is 67.0 Å². The first-order valence-electron chi connectivity index (χ1n) is 22.0. The summed E-state index contributed by atoms with van der Waals surface area (Å²) in [5.41, 5.74) is 8.25. The zero-order chi connectivity index (χ0) is 44.1. The molecule has 6 heteroatoms. The standard InChI is InChI=1S/C60H42N2P2S2/c1-5-21-47(22-6-1)63(48-23-7-2-8-24-48)55-29-15-13-19-43(55)33-35-45-41-53(57-31-17-39-65-57)51-37-38-52-54(58-32-18-40-66-58)42-46(62-60(52)59(51)61-45)36-34-44-20-14-16-30-56(44)64(49-25-9-3-10-26-49)50-27-11-4-12-28-50/h1-42H. The molecule has 4 aromatic heterocycles. The molecule has 0 radical (unpaired) electrons. The fraction of sp³-hybridized carbons (Fsp3) is 0. The summed E-state index contributed by atoms with van der Waals surface area (Å²) in [6.07, 6.45) is 8.89. The number of thiophene rings is 2. The Morgan fingerprint density at radius 2 is 0.682 bits per heavy atom. The summed E-state index contributed by atoms with van der Waals surface area (Å²) < 4.78 is 0. The van der Waals surface area contributed by atoms with E-state index in [-0.39, 0.29) is 0 Å². The molecule has 11 rings (SSSR count). The van der Waals surface area contributed by atoms with Gasteiger partial charge in [0.25, 0.3) is 0 Å². The van der Waals surface area contributed by atoms with Gasteiger partial charge in [0.15, 0.2) is 0 Å². The molecule has 0 fully saturated rings. The van der Waals surface area contributed by atoms with Crippen LogP contribution in [0.5, 0.6) is 0 Å². The van der Waals surface area contributed by atoms with Gasteiger partial charge in [0, 0.05) is 31.7 Å². The summed E-state index contributed by atoms with van der Waals surface area (Å²) in [4.78, 5) is 13.4. The van der Waals surface area contributed by atoms with Crippen LogP contribution in [0.2, 0.25) is 0 Å². The van der Waals surface area contributed by atoms with Crippen LogP contribution in [0.1, 0.15) is 22.5 Å². The Kier molecular flexibility index (Phi) is 12.2. The molecule has 0 aliphatic carbocycles. The van der Waals surface area contributed by atoms with Gasteiger partial charge in [-0.2, -0.15) is 0 Å². The maximum Gasteiger partial charge on any atom is 0.0978 e. The average molecular weight is 917 g/mol. The number of hydrogen-bond donors (Lipinski definition) is 0. The van der Waals surface area contributed by atoms with Crippen LogP contribution >= 0.6 is 38.5 Å². The van der Waals surface area contributed by atoms with Gasteiger partial charge in [-0.05, 0) is 106 Å². The summed E-state index contributed by atoms with van der Waals surface area (Å²) in [7, 11) is -1.59. The van der Waals surface area contributed by atoms with Crippen molar-refractivity contribution in [1.82, 2.24) is 9.97 Å². The molecule has 0 spiro atoms. The van der Waals surface area contributed by atoms with Crippen molar-refractivity contribution >= 4 is 116 Å². The molecule has 0 N–H and O–H groups in total. The minimum Gasteiger partial charge on any atom is -0.246 e. The minimum atomic E-state index is -0.796. The highest BCUT2D eigenvalue weighted by atomic mass is 32.1. The number of benzene rings is 7. The third kappa shape index (κ3) is 8.65. The van der Waals surface area contributed by atoms with Crippen molar-refractivity contribution in [2.24, 2.45) is 0 Å². The second kappa shape index (κ2) is 19.3. The van der Waals surface area contributed by atoms with E-state index in [0.29, 0.717) is 0 Å². The lowest BCUT2D eigenvalue weighted by Gasteiger charge is -2.21. The third-order valence-corrected chi connectivity index (χ3v) is 18.5. The molecule has 11 aromatic rings. The first-order chi connectivity index (χ1) is 32.7. The molecule has 7 aromatic carbocycles. The van der Waals surface area contributed by atoms with Gasteiger partial charge in [-0.25, -0.2) is 9.97 Å². The molecule has 0 saturated heterocycles. The molecule has 0 amide bonds. The van der Waals surface area contributed by atoms with Crippen LogP contribution in [-0.2, 0) is 0 Å². The van der Waals surface area contributed by atoms with E-state index in [4.69, 9.17) is 9.97 Å². The number of rotatable bonds is 12. The van der Waals surface area contributed by atoms with Gasteiger partial charge >= 0.3 is 0 Å². The van der Waals surface area contributed by atoms with Gasteiger partial charge in [-0.1, -0.05) is 206 Å². The highest BCUT2D eigenvalue weighted by molar-refractivity contribution is 7.80. The normalized spacial score (nSPS) is 11.8. The molecule has 2 nitrogen and oxygen atoms in total. The molecule has 4 heterocycles. The van der Waals surface area contributed by atoms with Gasteiger partial charge < -0.3 is 0 Å². The highest BCUT2D eigenvalue weighted by Gasteiger charge is 2.21. The zero-order valence-corrected chi connectivity index (χ0v) is 39.3. The predicted octanol–water partition coefficient (Wildman–Crippen LogP) is 14.1. The van der Waals surface area contributed by atoms with Gasteiger partial charge in [0.1, 0.15) is 0 Å².